The van der Waals surface area contributed by atoms with Gasteiger partial charge >= 0.3 is 0 Å². The second kappa shape index (κ2) is 8.77. The largest absolute Gasteiger partial charge is 0.493 e. The van der Waals surface area contributed by atoms with Gasteiger partial charge in [-0.2, -0.15) is 0 Å². The van der Waals surface area contributed by atoms with Gasteiger partial charge in [-0.25, -0.2) is 0 Å². The highest BCUT2D eigenvalue weighted by Gasteiger charge is 2.05. The lowest BCUT2D eigenvalue weighted by Gasteiger charge is -2.09. The van der Waals surface area contributed by atoms with E-state index in [1.165, 1.54) is 0 Å². The third-order valence-corrected chi connectivity index (χ3v) is 2.98. The SMILES string of the molecule is CCCCOc1cccc(OCC(=O)NCc2ccco2)c1. The molecular weight excluding hydrogens is 282 g/mol. The van der Waals surface area contributed by atoms with E-state index in [9.17, 15) is 4.79 Å². The van der Waals surface area contributed by atoms with Crippen LogP contribution in [0.1, 0.15) is 25.5 Å². The number of carbonyl (C=O) groups excluding carboxylic acids is 1. The third-order valence-electron chi connectivity index (χ3n) is 2.98. The zero-order valence-electron chi connectivity index (χ0n) is 12.7. The minimum absolute atomic E-state index is 0.0425. The van der Waals surface area contributed by atoms with Crippen LogP contribution in [0.15, 0.2) is 47.1 Å². The molecule has 1 aromatic carbocycles. The number of rotatable bonds is 9. The van der Waals surface area contributed by atoms with Crippen LogP contribution in [0.2, 0.25) is 0 Å². The lowest BCUT2D eigenvalue weighted by atomic mass is 10.3. The summed E-state index contributed by atoms with van der Waals surface area (Å²) >= 11 is 0. The molecule has 1 aromatic heterocycles. The van der Waals surface area contributed by atoms with Crippen LogP contribution in [0.5, 0.6) is 11.5 Å². The van der Waals surface area contributed by atoms with E-state index in [-0.39, 0.29) is 12.5 Å². The van der Waals surface area contributed by atoms with Crippen molar-refractivity contribution < 1.29 is 18.7 Å². The number of carbonyl (C=O) groups is 1. The molecule has 1 N–H and O–H groups in total. The number of amides is 1. The van der Waals surface area contributed by atoms with Gasteiger partial charge in [0.2, 0.25) is 0 Å². The van der Waals surface area contributed by atoms with Crippen molar-refractivity contribution in [2.75, 3.05) is 13.2 Å². The Morgan fingerprint density at radius 2 is 2.00 bits per heavy atom. The molecule has 0 saturated carbocycles. The quantitative estimate of drug-likeness (QED) is 0.723. The Kier molecular flexibility index (Phi) is 6.36. The van der Waals surface area contributed by atoms with Crippen molar-refractivity contribution in [2.45, 2.75) is 26.3 Å². The number of benzene rings is 1. The molecule has 5 heteroatoms. The Morgan fingerprint density at radius 1 is 1.18 bits per heavy atom. The molecule has 5 nitrogen and oxygen atoms in total. The topological polar surface area (TPSA) is 60.7 Å². The Bertz CT molecular complexity index is 566. The van der Waals surface area contributed by atoms with Crippen LogP contribution < -0.4 is 14.8 Å². The molecule has 22 heavy (non-hydrogen) atoms. The molecule has 1 heterocycles. The molecule has 0 fully saturated rings. The molecule has 118 valence electrons. The molecule has 0 atom stereocenters. The molecule has 2 aromatic rings. The summed E-state index contributed by atoms with van der Waals surface area (Å²) < 4.78 is 16.2. The molecule has 0 spiro atoms. The fourth-order valence-electron chi connectivity index (χ4n) is 1.79. The van der Waals surface area contributed by atoms with Gasteiger partial charge in [-0.3, -0.25) is 4.79 Å². The van der Waals surface area contributed by atoms with Gasteiger partial charge in [0.15, 0.2) is 6.61 Å². The Hall–Kier alpha value is -2.43. The number of nitrogens with one attached hydrogen (secondary N) is 1. The highest BCUT2D eigenvalue weighted by Crippen LogP contribution is 2.19. The molecule has 0 saturated heterocycles. The van der Waals surface area contributed by atoms with Gasteiger partial charge < -0.3 is 19.2 Å². The molecule has 2 rings (SSSR count). The van der Waals surface area contributed by atoms with Gasteiger partial charge in [0.1, 0.15) is 17.3 Å². The molecule has 0 radical (unpaired) electrons. The highest BCUT2D eigenvalue weighted by molar-refractivity contribution is 5.77. The molecule has 1 amide bonds. The average molecular weight is 303 g/mol. The lowest BCUT2D eigenvalue weighted by molar-refractivity contribution is -0.123. The van der Waals surface area contributed by atoms with E-state index in [2.05, 4.69) is 12.2 Å². The molecule has 0 bridgehead atoms. The Morgan fingerprint density at radius 3 is 2.73 bits per heavy atom. The smallest absolute Gasteiger partial charge is 0.258 e. The van der Waals surface area contributed by atoms with Gasteiger partial charge in [0, 0.05) is 6.07 Å². The van der Waals surface area contributed by atoms with E-state index in [0.29, 0.717) is 24.7 Å². The van der Waals surface area contributed by atoms with Crippen molar-refractivity contribution in [1.29, 1.82) is 0 Å². The van der Waals surface area contributed by atoms with Crippen molar-refractivity contribution >= 4 is 5.91 Å². The second-order valence-corrected chi connectivity index (χ2v) is 4.82. The summed E-state index contributed by atoms with van der Waals surface area (Å²) in [5.41, 5.74) is 0. The maximum absolute atomic E-state index is 11.7. The monoisotopic (exact) mass is 303 g/mol. The van der Waals surface area contributed by atoms with Gasteiger partial charge in [-0.1, -0.05) is 19.4 Å². The minimum atomic E-state index is -0.200. The first-order chi connectivity index (χ1) is 10.8. The van der Waals surface area contributed by atoms with Crippen LogP contribution in [0, 0.1) is 0 Å². The van der Waals surface area contributed by atoms with E-state index < -0.39 is 0 Å². The first kappa shape index (κ1) is 15.9. The van der Waals surface area contributed by atoms with Gasteiger partial charge in [-0.05, 0) is 30.7 Å². The molecule has 0 aliphatic carbocycles. The molecule has 0 unspecified atom stereocenters. The molecular formula is C17H21NO4. The van der Waals surface area contributed by atoms with Crippen molar-refractivity contribution in [1.82, 2.24) is 5.32 Å². The number of unbranched alkanes of at least 4 members (excludes halogenated alkanes) is 1. The van der Waals surface area contributed by atoms with Gasteiger partial charge in [0.05, 0.1) is 19.4 Å². The number of ether oxygens (including phenoxy) is 2. The Labute approximate surface area is 130 Å². The fourth-order valence-corrected chi connectivity index (χ4v) is 1.79. The predicted octanol–water partition coefficient (Wildman–Crippen LogP) is 3.15. The minimum Gasteiger partial charge on any atom is -0.493 e. The standard InChI is InChI=1S/C17H21NO4/c1-2-3-9-20-14-6-4-7-15(11-14)22-13-17(19)18-12-16-8-5-10-21-16/h4-8,10-11H,2-3,9,12-13H2,1H3,(H,18,19). The van der Waals surface area contributed by atoms with Gasteiger partial charge in [0.25, 0.3) is 5.91 Å². The normalized spacial score (nSPS) is 10.2. The highest BCUT2D eigenvalue weighted by atomic mass is 16.5. The maximum Gasteiger partial charge on any atom is 0.258 e. The zero-order chi connectivity index (χ0) is 15.6. The van der Waals surface area contributed by atoms with Crippen LogP contribution in [-0.4, -0.2) is 19.1 Å². The predicted molar refractivity (Wildman–Crippen MR) is 82.9 cm³/mol. The molecule has 0 aliphatic heterocycles. The first-order valence-corrected chi connectivity index (χ1v) is 7.42. The van der Waals surface area contributed by atoms with Crippen molar-refractivity contribution in [3.8, 4) is 11.5 Å². The summed E-state index contributed by atoms with van der Waals surface area (Å²) in [6, 6.07) is 10.9. The Balaban J connectivity index is 1.73. The zero-order valence-corrected chi connectivity index (χ0v) is 12.7. The van der Waals surface area contributed by atoms with Gasteiger partial charge in [-0.15, -0.1) is 0 Å². The van der Waals surface area contributed by atoms with E-state index >= 15 is 0 Å². The summed E-state index contributed by atoms with van der Waals surface area (Å²) in [6.07, 6.45) is 3.67. The number of furan rings is 1. The summed E-state index contributed by atoms with van der Waals surface area (Å²) in [7, 11) is 0. The number of hydrogen-bond acceptors (Lipinski definition) is 4. The van der Waals surface area contributed by atoms with Crippen LogP contribution in [-0.2, 0) is 11.3 Å². The summed E-state index contributed by atoms with van der Waals surface area (Å²) in [5.74, 6) is 1.87. The lowest BCUT2D eigenvalue weighted by Crippen LogP contribution is -2.28. The summed E-state index contributed by atoms with van der Waals surface area (Å²) in [6.45, 7) is 3.11. The van der Waals surface area contributed by atoms with Crippen LogP contribution in [0.4, 0.5) is 0 Å². The maximum atomic E-state index is 11.7. The number of hydrogen-bond donors (Lipinski definition) is 1. The first-order valence-electron chi connectivity index (χ1n) is 7.42. The van der Waals surface area contributed by atoms with Crippen molar-refractivity contribution in [2.24, 2.45) is 0 Å². The summed E-state index contributed by atoms with van der Waals surface area (Å²) in [4.78, 5) is 11.7. The average Bonchev–Trinajstić information content (AvgIpc) is 3.05. The van der Waals surface area contributed by atoms with Crippen LogP contribution in [0.25, 0.3) is 0 Å². The van der Waals surface area contributed by atoms with Crippen LogP contribution in [0.3, 0.4) is 0 Å². The van der Waals surface area contributed by atoms with E-state index in [1.807, 2.05) is 12.1 Å². The van der Waals surface area contributed by atoms with Crippen molar-refractivity contribution in [3.05, 3.63) is 48.4 Å². The molecule has 0 aliphatic rings. The second-order valence-electron chi connectivity index (χ2n) is 4.82. The fraction of sp³-hybridized carbons (Fsp3) is 0.353. The van der Waals surface area contributed by atoms with E-state index in [1.54, 1.807) is 30.5 Å². The van der Waals surface area contributed by atoms with Crippen LogP contribution >= 0.6 is 0 Å². The third kappa shape index (κ3) is 5.52. The van der Waals surface area contributed by atoms with Crippen molar-refractivity contribution in [3.63, 3.8) is 0 Å². The summed E-state index contributed by atoms with van der Waals surface area (Å²) in [5, 5.41) is 2.72. The van der Waals surface area contributed by atoms with E-state index in [0.717, 1.165) is 18.6 Å². The van der Waals surface area contributed by atoms with E-state index in [4.69, 9.17) is 13.9 Å².